The fourth-order valence-electron chi connectivity index (χ4n) is 4.15. The van der Waals surface area contributed by atoms with Crippen LogP contribution in [0.15, 0.2) is 77.7 Å². The van der Waals surface area contributed by atoms with E-state index in [4.69, 9.17) is 16.3 Å². The van der Waals surface area contributed by atoms with Crippen LogP contribution in [0, 0.1) is 0 Å². The summed E-state index contributed by atoms with van der Waals surface area (Å²) in [6.45, 7) is 0.854. The van der Waals surface area contributed by atoms with Crippen LogP contribution >= 0.6 is 11.6 Å². The Labute approximate surface area is 189 Å². The number of carbonyl (C=O) groups excluding carboxylic acids is 1. The van der Waals surface area contributed by atoms with E-state index in [-0.39, 0.29) is 12.4 Å². The summed E-state index contributed by atoms with van der Waals surface area (Å²) >= 11 is 6.28. The number of benzene rings is 2. The molecule has 5 rings (SSSR count). The van der Waals surface area contributed by atoms with Crippen molar-refractivity contribution in [3.05, 3.63) is 105 Å². The molecule has 1 aromatic heterocycles. The Morgan fingerprint density at radius 3 is 2.66 bits per heavy atom. The third-order valence-electron chi connectivity index (χ3n) is 5.65. The molecule has 2 aliphatic rings. The number of nitrogens with zero attached hydrogens (tertiary/aromatic N) is 3. The van der Waals surface area contributed by atoms with E-state index in [1.165, 1.54) is 12.3 Å². The molecular formula is C24H20ClN3O4. The van der Waals surface area contributed by atoms with Gasteiger partial charge in [-0.2, -0.15) is 0 Å². The second-order valence-corrected chi connectivity index (χ2v) is 8.04. The van der Waals surface area contributed by atoms with E-state index in [1.54, 1.807) is 21.7 Å². The Balaban J connectivity index is 1.80. The first-order valence-corrected chi connectivity index (χ1v) is 10.6. The number of aromatic nitrogens is 1. The Hall–Kier alpha value is -3.71. The maximum atomic E-state index is 13.2. The summed E-state index contributed by atoms with van der Waals surface area (Å²) < 4.78 is 7.61. The number of halogens is 1. The van der Waals surface area contributed by atoms with Crippen LogP contribution in [0.25, 0.3) is 0 Å². The van der Waals surface area contributed by atoms with Crippen LogP contribution in [0.2, 0.25) is 5.02 Å². The zero-order valence-corrected chi connectivity index (χ0v) is 17.8. The summed E-state index contributed by atoms with van der Waals surface area (Å²) in [5, 5.41) is 13.0. The number of hydrogen-bond acceptors (Lipinski definition) is 5. The minimum absolute atomic E-state index is 0.0613. The van der Waals surface area contributed by atoms with Crippen LogP contribution < -0.4 is 15.2 Å². The fraction of sp³-hybridized carbons (Fsp3) is 0.167. The Morgan fingerprint density at radius 1 is 1.03 bits per heavy atom. The van der Waals surface area contributed by atoms with Gasteiger partial charge in [-0.1, -0.05) is 54.1 Å². The quantitative estimate of drug-likeness (QED) is 0.577. The first-order chi connectivity index (χ1) is 15.5. The van der Waals surface area contributed by atoms with E-state index in [9.17, 15) is 14.7 Å². The van der Waals surface area contributed by atoms with Gasteiger partial charge >= 0.3 is 0 Å². The number of ether oxygens (including phenoxy) is 1. The molecule has 0 fully saturated rings. The zero-order valence-electron chi connectivity index (χ0n) is 17.0. The van der Waals surface area contributed by atoms with E-state index in [0.29, 0.717) is 23.9 Å². The van der Waals surface area contributed by atoms with Crippen LogP contribution in [-0.4, -0.2) is 40.4 Å². The number of rotatable bonds is 1. The molecule has 0 spiro atoms. The number of pyridine rings is 1. The van der Waals surface area contributed by atoms with Crippen molar-refractivity contribution in [3.8, 4) is 11.5 Å². The average molecular weight is 450 g/mol. The van der Waals surface area contributed by atoms with Gasteiger partial charge in [0, 0.05) is 29.4 Å². The molecule has 7 nitrogen and oxygen atoms in total. The lowest BCUT2D eigenvalue weighted by Crippen LogP contribution is -2.55. The highest BCUT2D eigenvalue weighted by atomic mass is 35.5. The monoisotopic (exact) mass is 449 g/mol. The van der Waals surface area contributed by atoms with Gasteiger partial charge in [-0.05, 0) is 23.8 Å². The highest BCUT2D eigenvalue weighted by molar-refractivity contribution is 6.30. The topological polar surface area (TPSA) is 75.0 Å². The maximum absolute atomic E-state index is 13.2. The summed E-state index contributed by atoms with van der Waals surface area (Å²) in [5.41, 5.74) is 1.13. The van der Waals surface area contributed by atoms with Gasteiger partial charge in [0.1, 0.15) is 25.1 Å². The van der Waals surface area contributed by atoms with Gasteiger partial charge in [-0.15, -0.1) is 0 Å². The number of amides is 1. The molecule has 0 unspecified atom stereocenters. The van der Waals surface area contributed by atoms with E-state index < -0.39 is 23.1 Å². The van der Waals surface area contributed by atoms with E-state index in [2.05, 4.69) is 0 Å². The number of carbonyl (C=O) groups is 1. The minimum atomic E-state index is -0.599. The van der Waals surface area contributed by atoms with Crippen LogP contribution in [-0.2, 0) is 0 Å². The van der Waals surface area contributed by atoms with Crippen molar-refractivity contribution in [2.24, 2.45) is 0 Å². The van der Waals surface area contributed by atoms with Crippen LogP contribution in [0.1, 0.15) is 27.7 Å². The number of aromatic hydroxyl groups is 1. The molecule has 1 amide bonds. The second kappa shape index (κ2) is 8.09. The van der Waals surface area contributed by atoms with Crippen molar-refractivity contribution < 1.29 is 14.6 Å². The molecule has 0 radical (unpaired) electrons. The molecule has 0 aliphatic carbocycles. The molecule has 0 saturated carbocycles. The smallest absolute Gasteiger partial charge is 0.278 e. The molecule has 1 N–H and O–H groups in total. The predicted octanol–water partition coefficient (Wildman–Crippen LogP) is 3.30. The summed E-state index contributed by atoms with van der Waals surface area (Å²) in [7, 11) is 0. The number of hydrogen-bond donors (Lipinski definition) is 1. The first kappa shape index (κ1) is 20.2. The lowest BCUT2D eigenvalue weighted by atomic mass is 9.97. The molecule has 2 bridgehead atoms. The maximum Gasteiger partial charge on any atom is 0.278 e. The lowest BCUT2D eigenvalue weighted by Gasteiger charge is -2.43. The first-order valence-electron chi connectivity index (χ1n) is 10.2. The summed E-state index contributed by atoms with van der Waals surface area (Å²) in [5.74, 6) is -0.358. The van der Waals surface area contributed by atoms with Crippen molar-refractivity contribution in [1.29, 1.82) is 0 Å². The Morgan fingerprint density at radius 2 is 1.84 bits per heavy atom. The molecular weight excluding hydrogens is 430 g/mol. The third-order valence-corrected chi connectivity index (χ3v) is 5.88. The van der Waals surface area contributed by atoms with Crippen molar-refractivity contribution >= 4 is 17.5 Å². The predicted molar refractivity (Wildman–Crippen MR) is 121 cm³/mol. The lowest BCUT2D eigenvalue weighted by molar-refractivity contribution is 0.0701. The van der Waals surface area contributed by atoms with Gasteiger partial charge in [0.15, 0.2) is 11.4 Å². The van der Waals surface area contributed by atoms with E-state index in [0.717, 1.165) is 11.1 Å². The largest absolute Gasteiger partial charge is 0.502 e. The van der Waals surface area contributed by atoms with Gasteiger partial charge in [-0.25, -0.2) is 0 Å². The van der Waals surface area contributed by atoms with Crippen LogP contribution in [0.4, 0.5) is 0 Å². The molecule has 3 heterocycles. The standard InChI is InChI=1S/C24H20ClN3O4/c25-17-8-9-18-20(14-17)32-13-5-4-11-26-15-28(21(18)16-6-2-1-3-7-16)27-12-10-19(29)23(30)22(27)24(26)31/h1-10,12,14,21,30H,11,13,15H2/b5-4-/t21-/m0/s1. The zero-order chi connectivity index (χ0) is 22.2. The van der Waals surface area contributed by atoms with Gasteiger partial charge in [0.05, 0.1) is 0 Å². The summed E-state index contributed by atoms with van der Waals surface area (Å²) in [4.78, 5) is 26.9. The molecule has 32 heavy (non-hydrogen) atoms. The Kier molecular flexibility index (Phi) is 5.11. The fourth-order valence-corrected chi connectivity index (χ4v) is 4.31. The van der Waals surface area contributed by atoms with Crippen LogP contribution in [0.5, 0.6) is 11.5 Å². The van der Waals surface area contributed by atoms with E-state index in [1.807, 2.05) is 53.6 Å². The molecule has 0 saturated heterocycles. The molecule has 2 aromatic carbocycles. The van der Waals surface area contributed by atoms with Gasteiger partial charge in [0.2, 0.25) is 5.43 Å². The number of fused-ring (bicyclic) bond motifs is 5. The second-order valence-electron chi connectivity index (χ2n) is 7.61. The van der Waals surface area contributed by atoms with Crippen molar-refractivity contribution in [2.45, 2.75) is 6.04 Å². The van der Waals surface area contributed by atoms with Crippen molar-refractivity contribution in [3.63, 3.8) is 0 Å². The molecule has 8 heteroatoms. The van der Waals surface area contributed by atoms with Gasteiger partial charge in [0.25, 0.3) is 5.91 Å². The molecule has 1 atom stereocenters. The molecule has 162 valence electrons. The van der Waals surface area contributed by atoms with Crippen molar-refractivity contribution in [2.75, 3.05) is 24.8 Å². The van der Waals surface area contributed by atoms with Crippen LogP contribution in [0.3, 0.4) is 0 Å². The van der Waals surface area contributed by atoms with Crippen molar-refractivity contribution in [1.82, 2.24) is 9.58 Å². The molecule has 2 aliphatic heterocycles. The third kappa shape index (κ3) is 3.40. The summed E-state index contributed by atoms with van der Waals surface area (Å²) in [6, 6.07) is 16.1. The van der Waals surface area contributed by atoms with Gasteiger partial charge < -0.3 is 14.7 Å². The highest BCUT2D eigenvalue weighted by Crippen LogP contribution is 2.38. The Bertz CT molecular complexity index is 1270. The average Bonchev–Trinajstić information content (AvgIpc) is 2.82. The summed E-state index contributed by atoms with van der Waals surface area (Å²) in [6.07, 6.45) is 5.18. The minimum Gasteiger partial charge on any atom is -0.502 e. The normalized spacial score (nSPS) is 18.8. The highest BCUT2D eigenvalue weighted by Gasteiger charge is 2.37. The SMILES string of the molecule is O=C1c2c(O)c(=O)ccn2N2CN1C/C=C\COc1cc(Cl)ccc1[C@@H]2c1ccccc1. The molecule has 3 aromatic rings. The van der Waals surface area contributed by atoms with Gasteiger partial charge in [-0.3, -0.25) is 19.3 Å². The van der Waals surface area contributed by atoms with E-state index >= 15 is 0 Å².